The van der Waals surface area contributed by atoms with E-state index in [1.165, 1.54) is 32.2 Å². The molecule has 4 aromatic heterocycles. The lowest BCUT2D eigenvalue weighted by molar-refractivity contribution is 0.0563. The third kappa shape index (κ3) is 4.21. The van der Waals surface area contributed by atoms with Crippen molar-refractivity contribution in [1.82, 2.24) is 19.7 Å². The number of nitrogens with zero attached hydrogens (tertiary/aromatic N) is 3. The fourth-order valence-electron chi connectivity index (χ4n) is 4.80. The van der Waals surface area contributed by atoms with Crippen LogP contribution in [0.15, 0.2) is 59.3 Å². The SMILES string of the molecule is CCS(=O)(=O)Nc1cc2oc(C(=O)OC)c(C(=O)NC)c2cc1-c1ccc2ncn3c4cccc(F)c4cc3c2n1. The highest BCUT2D eigenvalue weighted by Crippen LogP contribution is 2.38. The van der Waals surface area contributed by atoms with Crippen LogP contribution in [-0.2, 0) is 14.8 Å². The van der Waals surface area contributed by atoms with E-state index in [4.69, 9.17) is 14.1 Å². The quantitative estimate of drug-likeness (QED) is 0.276. The second-order valence-electron chi connectivity index (χ2n) is 9.16. The van der Waals surface area contributed by atoms with Gasteiger partial charge in [-0.05, 0) is 43.3 Å². The lowest BCUT2D eigenvalue weighted by Gasteiger charge is -2.13. The van der Waals surface area contributed by atoms with Gasteiger partial charge in [-0.2, -0.15) is 0 Å². The van der Waals surface area contributed by atoms with Crippen molar-refractivity contribution in [3.05, 3.63) is 72.0 Å². The molecule has 4 heterocycles. The predicted octanol–water partition coefficient (Wildman–Crippen LogP) is 4.50. The normalized spacial score (nSPS) is 11.9. The van der Waals surface area contributed by atoms with Gasteiger partial charge in [0.2, 0.25) is 15.8 Å². The standard InChI is InChI=1S/C28H22FN5O6S/c1-4-41(37,38)33-20-12-23-16(24(27(35)30-2)26(40-23)28(36)39-3)10-15(20)18-8-9-19-25(32-18)22-11-14-17(29)6-5-7-21(14)34(22)13-31-19/h5-13,33H,4H2,1-3H3,(H,30,35). The topological polar surface area (TPSA) is 145 Å². The van der Waals surface area contributed by atoms with Gasteiger partial charge in [-0.3, -0.25) is 13.9 Å². The summed E-state index contributed by atoms with van der Waals surface area (Å²) in [6, 6.07) is 12.7. The summed E-state index contributed by atoms with van der Waals surface area (Å²) in [4.78, 5) is 34.6. The molecule has 6 aromatic rings. The lowest BCUT2D eigenvalue weighted by Crippen LogP contribution is -2.20. The summed E-state index contributed by atoms with van der Waals surface area (Å²) in [6.07, 6.45) is 1.59. The fraction of sp³-hybridized carbons (Fsp3) is 0.143. The first-order valence-corrected chi connectivity index (χ1v) is 14.1. The Hall–Kier alpha value is -5.04. The Morgan fingerprint density at radius 1 is 1.10 bits per heavy atom. The van der Waals surface area contributed by atoms with Gasteiger partial charge < -0.3 is 14.5 Å². The molecule has 2 aromatic carbocycles. The van der Waals surface area contributed by atoms with Crippen LogP contribution in [0.2, 0.25) is 0 Å². The Balaban J connectivity index is 1.67. The van der Waals surface area contributed by atoms with Gasteiger partial charge in [0.1, 0.15) is 28.8 Å². The average molecular weight is 576 g/mol. The van der Waals surface area contributed by atoms with Gasteiger partial charge in [0.15, 0.2) is 0 Å². The maximum Gasteiger partial charge on any atom is 0.374 e. The van der Waals surface area contributed by atoms with Gasteiger partial charge >= 0.3 is 5.97 Å². The molecule has 0 bridgehead atoms. The minimum absolute atomic E-state index is 0.0707. The number of rotatable bonds is 6. The molecule has 2 N–H and O–H groups in total. The molecule has 0 aliphatic rings. The number of fused-ring (bicyclic) bond motifs is 6. The van der Waals surface area contributed by atoms with Crippen molar-refractivity contribution in [2.75, 3.05) is 24.6 Å². The number of furan rings is 1. The maximum atomic E-state index is 14.6. The van der Waals surface area contributed by atoms with E-state index < -0.39 is 21.9 Å². The van der Waals surface area contributed by atoms with E-state index in [-0.39, 0.29) is 39.6 Å². The van der Waals surface area contributed by atoms with Crippen LogP contribution in [-0.4, -0.2) is 54.6 Å². The van der Waals surface area contributed by atoms with Crippen LogP contribution in [0.3, 0.4) is 0 Å². The smallest absolute Gasteiger partial charge is 0.374 e. The summed E-state index contributed by atoms with van der Waals surface area (Å²) >= 11 is 0. The van der Waals surface area contributed by atoms with Crippen molar-refractivity contribution in [3.8, 4) is 11.3 Å². The molecule has 0 spiro atoms. The van der Waals surface area contributed by atoms with Crippen molar-refractivity contribution in [2.24, 2.45) is 0 Å². The van der Waals surface area contributed by atoms with Crippen LogP contribution >= 0.6 is 0 Å². The summed E-state index contributed by atoms with van der Waals surface area (Å²) in [5.74, 6) is -2.40. The van der Waals surface area contributed by atoms with Crippen LogP contribution in [0.5, 0.6) is 0 Å². The third-order valence-electron chi connectivity index (χ3n) is 6.83. The first-order chi connectivity index (χ1) is 19.7. The second-order valence-corrected chi connectivity index (χ2v) is 11.2. The third-order valence-corrected chi connectivity index (χ3v) is 8.12. The Labute approximate surface area is 232 Å². The number of methoxy groups -OCH3 is 1. The van der Waals surface area contributed by atoms with E-state index >= 15 is 0 Å². The highest BCUT2D eigenvalue weighted by atomic mass is 32.2. The molecule has 13 heteroatoms. The molecule has 0 aliphatic heterocycles. The molecular weight excluding hydrogens is 553 g/mol. The molecule has 0 aliphatic carbocycles. The highest BCUT2D eigenvalue weighted by molar-refractivity contribution is 7.92. The molecule has 0 unspecified atom stereocenters. The predicted molar refractivity (Wildman–Crippen MR) is 151 cm³/mol. The molecule has 41 heavy (non-hydrogen) atoms. The van der Waals surface area contributed by atoms with E-state index in [2.05, 4.69) is 15.0 Å². The van der Waals surface area contributed by atoms with Crippen molar-refractivity contribution >= 4 is 66.0 Å². The van der Waals surface area contributed by atoms with Gasteiger partial charge in [-0.15, -0.1) is 0 Å². The van der Waals surface area contributed by atoms with Crippen LogP contribution < -0.4 is 10.0 Å². The van der Waals surface area contributed by atoms with Crippen molar-refractivity contribution in [2.45, 2.75) is 6.92 Å². The van der Waals surface area contributed by atoms with Gasteiger partial charge in [0.25, 0.3) is 5.91 Å². The number of nitrogens with one attached hydrogen (secondary N) is 2. The molecule has 208 valence electrons. The molecule has 6 rings (SSSR count). The molecule has 0 fully saturated rings. The molecule has 11 nitrogen and oxygen atoms in total. The Bertz CT molecular complexity index is 2170. The number of hydrogen-bond acceptors (Lipinski definition) is 8. The Morgan fingerprint density at radius 2 is 1.90 bits per heavy atom. The number of amides is 1. The minimum atomic E-state index is -3.76. The molecule has 0 radical (unpaired) electrons. The zero-order chi connectivity index (χ0) is 29.1. The van der Waals surface area contributed by atoms with E-state index in [9.17, 15) is 22.4 Å². The summed E-state index contributed by atoms with van der Waals surface area (Å²) in [6.45, 7) is 1.49. The lowest BCUT2D eigenvalue weighted by atomic mass is 10.0. The average Bonchev–Trinajstić information content (AvgIpc) is 3.55. The summed E-state index contributed by atoms with van der Waals surface area (Å²) in [7, 11) is -1.21. The number of anilines is 1. The van der Waals surface area contributed by atoms with Crippen molar-refractivity contribution in [3.63, 3.8) is 0 Å². The number of pyridine rings is 1. The second kappa shape index (κ2) is 9.55. The van der Waals surface area contributed by atoms with Gasteiger partial charge in [-0.1, -0.05) is 6.07 Å². The van der Waals surface area contributed by atoms with Crippen LogP contribution in [0, 0.1) is 5.82 Å². The molecule has 1 amide bonds. The Morgan fingerprint density at radius 3 is 2.63 bits per heavy atom. The van der Waals surface area contributed by atoms with Gasteiger partial charge in [0, 0.05) is 29.4 Å². The van der Waals surface area contributed by atoms with Gasteiger partial charge in [-0.25, -0.2) is 27.6 Å². The molecule has 0 saturated carbocycles. The van der Waals surface area contributed by atoms with E-state index in [0.717, 1.165) is 7.11 Å². The highest BCUT2D eigenvalue weighted by Gasteiger charge is 2.28. The number of benzene rings is 2. The number of ether oxygens (including phenoxy) is 1. The summed E-state index contributed by atoms with van der Waals surface area (Å²) in [5, 5.41) is 3.13. The maximum absolute atomic E-state index is 14.6. The van der Waals surface area contributed by atoms with Crippen LogP contribution in [0.4, 0.5) is 10.1 Å². The van der Waals surface area contributed by atoms with Gasteiger partial charge in [0.05, 0.1) is 40.8 Å². The molecular formula is C28H22FN5O6S. The van der Waals surface area contributed by atoms with Crippen molar-refractivity contribution in [1.29, 1.82) is 0 Å². The number of esters is 1. The summed E-state index contributed by atoms with van der Waals surface area (Å²) < 4.78 is 54.6. The summed E-state index contributed by atoms with van der Waals surface area (Å²) in [5.41, 5.74) is 2.95. The number of carbonyl (C=O) groups is 2. The largest absolute Gasteiger partial charge is 0.463 e. The van der Waals surface area contributed by atoms with E-state index in [1.54, 1.807) is 41.1 Å². The van der Waals surface area contributed by atoms with E-state index in [1.807, 2.05) is 0 Å². The Kier molecular flexibility index (Phi) is 6.10. The first-order valence-electron chi connectivity index (χ1n) is 12.4. The number of halogens is 1. The minimum Gasteiger partial charge on any atom is -0.463 e. The van der Waals surface area contributed by atoms with Crippen LogP contribution in [0.1, 0.15) is 27.8 Å². The molecule has 0 saturated heterocycles. The first kappa shape index (κ1) is 26.2. The van der Waals surface area contributed by atoms with E-state index in [0.29, 0.717) is 38.7 Å². The number of aromatic nitrogens is 3. The van der Waals surface area contributed by atoms with Crippen molar-refractivity contribution < 1.29 is 31.6 Å². The van der Waals surface area contributed by atoms with Crippen LogP contribution in [0.25, 0.3) is 49.7 Å². The molecule has 0 atom stereocenters. The monoisotopic (exact) mass is 575 g/mol. The fourth-order valence-corrected chi connectivity index (χ4v) is 5.45. The zero-order valence-corrected chi connectivity index (χ0v) is 22.8. The number of sulfonamides is 1. The number of hydrogen-bond donors (Lipinski definition) is 2. The number of carbonyl (C=O) groups excluding carboxylic acids is 2. The zero-order valence-electron chi connectivity index (χ0n) is 22.0.